The topological polar surface area (TPSA) is 207 Å². The molecule has 4 aromatic heterocycles. The van der Waals surface area contributed by atoms with E-state index >= 15 is 4.39 Å². The van der Waals surface area contributed by atoms with E-state index in [0.717, 1.165) is 28.0 Å². The van der Waals surface area contributed by atoms with Crippen LogP contribution < -0.4 is 16.0 Å². The number of carboxylic acids is 1. The molecule has 1 aliphatic carbocycles. The van der Waals surface area contributed by atoms with Crippen LogP contribution in [0.3, 0.4) is 0 Å². The van der Waals surface area contributed by atoms with Crippen LogP contribution in [0.5, 0.6) is 0 Å². The zero-order valence-electron chi connectivity index (χ0n) is 30.0. The molecule has 1 fully saturated rings. The first-order valence-electron chi connectivity index (χ1n) is 17.4. The van der Waals surface area contributed by atoms with Gasteiger partial charge in [0.15, 0.2) is 23.1 Å². The van der Waals surface area contributed by atoms with Crippen molar-refractivity contribution >= 4 is 44.8 Å². The normalized spacial score (nSPS) is 16.4. The van der Waals surface area contributed by atoms with Crippen LogP contribution >= 0.6 is 0 Å². The number of carboxylic acid groups (broad SMARTS) is 1. The van der Waals surface area contributed by atoms with Gasteiger partial charge in [-0.25, -0.2) is 45.7 Å². The largest absolute Gasteiger partial charge is 0.480 e. The molecule has 6 rings (SSSR count). The highest BCUT2D eigenvalue weighted by Crippen LogP contribution is 2.32. The lowest BCUT2D eigenvalue weighted by molar-refractivity contribution is -0.140. The summed E-state index contributed by atoms with van der Waals surface area (Å²) in [6, 6.07) is 8.57. The van der Waals surface area contributed by atoms with Crippen LogP contribution in [0.4, 0.5) is 19.4 Å². The van der Waals surface area contributed by atoms with Crippen molar-refractivity contribution in [2.24, 2.45) is 5.92 Å². The van der Waals surface area contributed by atoms with E-state index in [1.54, 1.807) is 32.0 Å². The van der Waals surface area contributed by atoms with Crippen LogP contribution in [0, 0.1) is 24.5 Å². The Balaban J connectivity index is 1.14. The number of anilines is 1. The number of benzene rings is 1. The van der Waals surface area contributed by atoms with Gasteiger partial charge in [0.05, 0.1) is 17.3 Å². The summed E-state index contributed by atoms with van der Waals surface area (Å²) in [5.74, 6) is -3.73. The molecule has 1 aromatic carbocycles. The summed E-state index contributed by atoms with van der Waals surface area (Å²) in [6.07, 6.45) is 5.90. The SMILES string of the molecule is Cc1ccc(S(=O)(=O)n2cc(-c3ncc(F)c(N[C@H]4CCC[C@@H](NC(=O)c5cc(COC(=O)N[C@@H](C(=O)O)C(C)C)ccn5)C4)n3)c3cc(F)cnc32)cc1. The van der Waals surface area contributed by atoms with Gasteiger partial charge in [-0.15, -0.1) is 0 Å². The third kappa shape index (κ3) is 8.86. The van der Waals surface area contributed by atoms with E-state index < -0.39 is 45.7 Å². The highest BCUT2D eigenvalue weighted by atomic mass is 32.2. The van der Waals surface area contributed by atoms with E-state index in [1.165, 1.54) is 30.6 Å². The molecule has 0 unspecified atom stereocenters. The Kier molecular flexibility index (Phi) is 11.3. The van der Waals surface area contributed by atoms with Crippen molar-refractivity contribution in [3.63, 3.8) is 0 Å². The van der Waals surface area contributed by atoms with Crippen molar-refractivity contribution in [2.45, 2.75) is 76.1 Å². The second-order valence-corrected chi connectivity index (χ2v) is 15.4. The van der Waals surface area contributed by atoms with Crippen molar-refractivity contribution in [1.82, 2.24) is 34.5 Å². The first kappa shape index (κ1) is 38.7. The van der Waals surface area contributed by atoms with Crippen LogP contribution in [-0.4, -0.2) is 73.5 Å². The van der Waals surface area contributed by atoms with E-state index in [9.17, 15) is 32.3 Å². The number of carbonyl (C=O) groups excluding carboxylic acids is 2. The minimum atomic E-state index is -4.17. The number of hydrogen-bond donors (Lipinski definition) is 4. The summed E-state index contributed by atoms with van der Waals surface area (Å²) in [7, 11) is -4.17. The van der Waals surface area contributed by atoms with Gasteiger partial charge in [0, 0.05) is 35.4 Å². The van der Waals surface area contributed by atoms with Gasteiger partial charge in [0.25, 0.3) is 15.9 Å². The molecule has 0 saturated heterocycles. The highest BCUT2D eigenvalue weighted by molar-refractivity contribution is 7.90. The number of rotatable bonds is 12. The Morgan fingerprint density at radius 2 is 1.76 bits per heavy atom. The van der Waals surface area contributed by atoms with E-state index in [-0.39, 0.29) is 63.4 Å². The van der Waals surface area contributed by atoms with Crippen molar-refractivity contribution in [3.05, 3.63) is 95.7 Å². The number of amides is 2. The second-order valence-electron chi connectivity index (χ2n) is 13.6. The number of aromatic nitrogens is 5. The average molecular weight is 777 g/mol. The summed E-state index contributed by atoms with van der Waals surface area (Å²) in [6.45, 7) is 4.89. The van der Waals surface area contributed by atoms with Crippen LogP contribution in [0.1, 0.15) is 61.1 Å². The Morgan fingerprint density at radius 3 is 2.49 bits per heavy atom. The molecule has 4 N–H and O–H groups in total. The van der Waals surface area contributed by atoms with Crippen LogP contribution in [0.15, 0.2) is 72.1 Å². The zero-order valence-corrected chi connectivity index (χ0v) is 30.8. The molecular weight excluding hydrogens is 739 g/mol. The van der Waals surface area contributed by atoms with E-state index in [1.807, 2.05) is 6.92 Å². The number of nitrogens with one attached hydrogen (secondary N) is 3. The van der Waals surface area contributed by atoms with E-state index in [4.69, 9.17) is 4.74 Å². The third-order valence-corrected chi connectivity index (χ3v) is 10.8. The molecule has 4 heterocycles. The maximum absolute atomic E-state index is 15.2. The highest BCUT2D eigenvalue weighted by Gasteiger charge is 2.28. The summed E-state index contributed by atoms with van der Waals surface area (Å²) >= 11 is 0. The average Bonchev–Trinajstić information content (AvgIpc) is 3.53. The molecule has 0 bridgehead atoms. The van der Waals surface area contributed by atoms with Gasteiger partial charge in [0.1, 0.15) is 24.2 Å². The molecule has 5 aromatic rings. The van der Waals surface area contributed by atoms with Gasteiger partial charge < -0.3 is 25.8 Å². The summed E-state index contributed by atoms with van der Waals surface area (Å²) in [5, 5.41) is 17.7. The quantitative estimate of drug-likeness (QED) is 0.129. The van der Waals surface area contributed by atoms with Crippen molar-refractivity contribution in [1.29, 1.82) is 0 Å². The molecule has 55 heavy (non-hydrogen) atoms. The summed E-state index contributed by atoms with van der Waals surface area (Å²) in [5.41, 5.74) is 1.45. The Bertz CT molecular complexity index is 2360. The minimum Gasteiger partial charge on any atom is -0.480 e. The maximum atomic E-state index is 15.2. The van der Waals surface area contributed by atoms with E-state index in [0.29, 0.717) is 31.2 Å². The molecule has 15 nitrogen and oxygen atoms in total. The number of aliphatic carboxylic acids is 1. The number of pyridine rings is 2. The molecule has 0 spiro atoms. The Labute approximate surface area is 314 Å². The molecule has 288 valence electrons. The Morgan fingerprint density at radius 1 is 1.02 bits per heavy atom. The predicted molar refractivity (Wildman–Crippen MR) is 195 cm³/mol. The van der Waals surface area contributed by atoms with Crippen molar-refractivity contribution in [3.8, 4) is 11.4 Å². The molecule has 2 amide bonds. The van der Waals surface area contributed by atoms with Gasteiger partial charge in [-0.05, 0) is 74.4 Å². The predicted octanol–water partition coefficient (Wildman–Crippen LogP) is 5.20. The number of ether oxygens (including phenoxy) is 1. The fourth-order valence-electron chi connectivity index (χ4n) is 6.26. The lowest BCUT2D eigenvalue weighted by Gasteiger charge is -2.30. The van der Waals surface area contributed by atoms with Crippen LogP contribution in [0.25, 0.3) is 22.4 Å². The molecular formula is C37H38F2N8O7S. The summed E-state index contributed by atoms with van der Waals surface area (Å²) in [4.78, 5) is 53.4. The number of hydrogen-bond acceptors (Lipinski definition) is 11. The molecule has 3 atom stereocenters. The first-order valence-corrected chi connectivity index (χ1v) is 18.8. The zero-order chi connectivity index (χ0) is 39.4. The van der Waals surface area contributed by atoms with Gasteiger partial charge >= 0.3 is 12.1 Å². The first-order chi connectivity index (χ1) is 26.2. The monoisotopic (exact) mass is 776 g/mol. The maximum Gasteiger partial charge on any atom is 0.408 e. The molecule has 0 aliphatic heterocycles. The number of nitrogens with zero attached hydrogens (tertiary/aromatic N) is 5. The van der Waals surface area contributed by atoms with Gasteiger partial charge in [-0.1, -0.05) is 31.5 Å². The number of fused-ring (bicyclic) bond motifs is 1. The molecule has 1 aliphatic rings. The fraction of sp³-hybridized carbons (Fsp3) is 0.324. The molecule has 18 heteroatoms. The standard InChI is InChI=1S/C37H38F2N8O7S/c1-20(2)31(36(49)50)45-37(51)54-19-22-11-12-40-30(13-22)35(48)44-25-6-4-5-24(15-25)43-33-29(39)17-41-32(46-33)28-18-47(34-27(28)14-23(38)16-42-34)55(52,53)26-9-7-21(3)8-10-26/h7-14,16-18,20,24-25,31H,4-6,15,19H2,1-3H3,(H,44,48)(H,45,51)(H,49,50)(H,41,43,46)/t24-,25+,31+/m0/s1. The fourth-order valence-corrected chi connectivity index (χ4v) is 7.59. The number of halogens is 2. The van der Waals surface area contributed by atoms with Crippen LogP contribution in [0.2, 0.25) is 0 Å². The lowest BCUT2D eigenvalue weighted by atomic mass is 9.91. The number of carbonyl (C=O) groups is 3. The van der Waals surface area contributed by atoms with Crippen LogP contribution in [-0.2, 0) is 26.2 Å². The molecule has 0 radical (unpaired) electrons. The lowest BCUT2D eigenvalue weighted by Crippen LogP contribution is -2.44. The van der Waals surface area contributed by atoms with Gasteiger partial charge in [-0.3, -0.25) is 9.78 Å². The van der Waals surface area contributed by atoms with Crippen molar-refractivity contribution in [2.75, 3.05) is 5.32 Å². The minimum absolute atomic E-state index is 0.00897. The Hall–Kier alpha value is -6.04. The van der Waals surface area contributed by atoms with Gasteiger partial charge in [-0.2, -0.15) is 0 Å². The number of alkyl carbamates (subject to hydrolysis) is 1. The van der Waals surface area contributed by atoms with Crippen molar-refractivity contribution < 1.29 is 41.4 Å². The van der Waals surface area contributed by atoms with E-state index in [2.05, 4.69) is 35.9 Å². The second kappa shape index (κ2) is 16.1. The third-order valence-electron chi connectivity index (χ3n) is 9.12. The molecule has 1 saturated carbocycles. The smallest absolute Gasteiger partial charge is 0.408 e. The summed E-state index contributed by atoms with van der Waals surface area (Å²) < 4.78 is 63.0. The number of aryl methyl sites for hydroxylation is 1. The van der Waals surface area contributed by atoms with Gasteiger partial charge in [0.2, 0.25) is 0 Å².